The van der Waals surface area contributed by atoms with Crippen LogP contribution in [0.15, 0.2) is 53.7 Å². The zero-order chi connectivity index (χ0) is 15.3. The maximum absolute atomic E-state index is 11.4. The van der Waals surface area contributed by atoms with Crippen molar-refractivity contribution in [2.24, 2.45) is 0 Å². The molecule has 2 rings (SSSR count). The topological polar surface area (TPSA) is 71.1 Å². The molecule has 1 aromatic carbocycles. The first-order valence-electron chi connectivity index (χ1n) is 6.19. The summed E-state index contributed by atoms with van der Waals surface area (Å²) in [4.78, 5) is 4.29. The minimum atomic E-state index is -3.16. The Kier molecular flexibility index (Phi) is 4.87. The van der Waals surface area contributed by atoms with Gasteiger partial charge in [0.1, 0.15) is 0 Å². The summed E-state index contributed by atoms with van der Waals surface area (Å²) < 4.78 is 22.7. The summed E-state index contributed by atoms with van der Waals surface area (Å²) in [6.45, 7) is 0.510. The highest BCUT2D eigenvalue weighted by Crippen LogP contribution is 2.10. The van der Waals surface area contributed by atoms with Gasteiger partial charge in [-0.2, -0.15) is 0 Å². The van der Waals surface area contributed by atoms with Crippen molar-refractivity contribution in [3.63, 3.8) is 0 Å². The van der Waals surface area contributed by atoms with Gasteiger partial charge in [-0.05, 0) is 42.0 Å². The standard InChI is InChI=1S/C14H15N3O2S2/c1-21(18,19)13-6-4-11(5-7-13)9-16-14(20)17-12-3-2-8-15-10-12/h2-8,10H,9H2,1H3,(H2,16,17,20). The van der Waals surface area contributed by atoms with E-state index < -0.39 is 9.84 Å². The first-order valence-corrected chi connectivity index (χ1v) is 8.49. The molecular formula is C14H15N3O2S2. The normalized spacial score (nSPS) is 10.9. The molecule has 0 atom stereocenters. The summed E-state index contributed by atoms with van der Waals surface area (Å²) >= 11 is 5.17. The van der Waals surface area contributed by atoms with Crippen molar-refractivity contribution < 1.29 is 8.42 Å². The molecule has 0 aliphatic rings. The second-order valence-electron chi connectivity index (χ2n) is 4.47. The minimum Gasteiger partial charge on any atom is -0.358 e. The number of hydrogen-bond acceptors (Lipinski definition) is 4. The van der Waals surface area contributed by atoms with Crippen molar-refractivity contribution in [3.8, 4) is 0 Å². The van der Waals surface area contributed by atoms with E-state index in [1.807, 2.05) is 12.1 Å². The van der Waals surface area contributed by atoms with Gasteiger partial charge in [0, 0.05) is 19.0 Å². The van der Waals surface area contributed by atoms with Crippen molar-refractivity contribution in [3.05, 3.63) is 54.4 Å². The highest BCUT2D eigenvalue weighted by molar-refractivity contribution is 7.90. The molecule has 0 bridgehead atoms. The van der Waals surface area contributed by atoms with E-state index in [9.17, 15) is 8.42 Å². The molecule has 110 valence electrons. The van der Waals surface area contributed by atoms with E-state index in [-0.39, 0.29) is 0 Å². The summed E-state index contributed by atoms with van der Waals surface area (Å²) in [7, 11) is -3.16. The zero-order valence-corrected chi connectivity index (χ0v) is 13.0. The number of rotatable bonds is 4. The van der Waals surface area contributed by atoms with Crippen LogP contribution in [-0.2, 0) is 16.4 Å². The fourth-order valence-electron chi connectivity index (χ4n) is 1.65. The lowest BCUT2D eigenvalue weighted by Gasteiger charge is -2.10. The van der Waals surface area contributed by atoms with Gasteiger partial charge in [0.25, 0.3) is 0 Å². The van der Waals surface area contributed by atoms with Gasteiger partial charge in [0.15, 0.2) is 14.9 Å². The lowest BCUT2D eigenvalue weighted by Crippen LogP contribution is -2.27. The average molecular weight is 321 g/mol. The van der Waals surface area contributed by atoms with Crippen LogP contribution in [0.3, 0.4) is 0 Å². The molecule has 21 heavy (non-hydrogen) atoms. The number of thiocarbonyl (C=S) groups is 1. The predicted octanol–water partition coefficient (Wildman–Crippen LogP) is 1.97. The van der Waals surface area contributed by atoms with Crippen LogP contribution in [0, 0.1) is 0 Å². The summed E-state index contributed by atoms with van der Waals surface area (Å²) in [6.07, 6.45) is 4.55. The summed E-state index contributed by atoms with van der Waals surface area (Å²) in [5.41, 5.74) is 1.75. The third-order valence-corrected chi connectivity index (χ3v) is 4.10. The van der Waals surface area contributed by atoms with Crippen LogP contribution in [-0.4, -0.2) is 24.8 Å². The number of hydrogen-bond donors (Lipinski definition) is 2. The lowest BCUT2D eigenvalue weighted by molar-refractivity contribution is 0.602. The Morgan fingerprint density at radius 2 is 1.95 bits per heavy atom. The Hall–Kier alpha value is -1.99. The predicted molar refractivity (Wildman–Crippen MR) is 86.8 cm³/mol. The molecule has 2 aromatic rings. The molecule has 0 radical (unpaired) electrons. The van der Waals surface area contributed by atoms with E-state index in [4.69, 9.17) is 12.2 Å². The molecule has 2 N–H and O–H groups in total. The summed E-state index contributed by atoms with van der Waals surface area (Å²) in [5.74, 6) is 0. The average Bonchev–Trinajstić information content (AvgIpc) is 2.46. The molecule has 0 unspecified atom stereocenters. The Labute approximate surface area is 129 Å². The molecule has 0 aliphatic heterocycles. The molecule has 0 aliphatic carbocycles. The van der Waals surface area contributed by atoms with E-state index in [0.717, 1.165) is 11.3 Å². The smallest absolute Gasteiger partial charge is 0.175 e. The molecule has 1 heterocycles. The number of sulfone groups is 1. The molecule has 0 fully saturated rings. The zero-order valence-electron chi connectivity index (χ0n) is 11.4. The molecule has 0 saturated carbocycles. The van der Waals surface area contributed by atoms with Crippen molar-refractivity contribution in [2.75, 3.05) is 11.6 Å². The Morgan fingerprint density at radius 1 is 1.24 bits per heavy atom. The monoisotopic (exact) mass is 321 g/mol. The highest BCUT2D eigenvalue weighted by Gasteiger charge is 2.06. The van der Waals surface area contributed by atoms with Gasteiger partial charge in [0.05, 0.1) is 16.8 Å². The first kappa shape index (κ1) is 15.4. The molecule has 7 heteroatoms. The molecule has 0 saturated heterocycles. The highest BCUT2D eigenvalue weighted by atomic mass is 32.2. The van der Waals surface area contributed by atoms with Crippen molar-refractivity contribution in [2.45, 2.75) is 11.4 Å². The molecule has 0 amide bonds. The maximum atomic E-state index is 11.4. The number of pyridine rings is 1. The van der Waals surface area contributed by atoms with Crippen LogP contribution in [0.25, 0.3) is 0 Å². The van der Waals surface area contributed by atoms with Crippen LogP contribution in [0.5, 0.6) is 0 Å². The largest absolute Gasteiger partial charge is 0.358 e. The minimum absolute atomic E-state index is 0.308. The second-order valence-corrected chi connectivity index (χ2v) is 6.89. The quantitative estimate of drug-likeness (QED) is 0.839. The Morgan fingerprint density at radius 3 is 2.52 bits per heavy atom. The van der Waals surface area contributed by atoms with Crippen LogP contribution in [0.2, 0.25) is 0 Å². The van der Waals surface area contributed by atoms with Gasteiger partial charge in [-0.25, -0.2) is 8.42 Å². The second kappa shape index (κ2) is 6.64. The van der Waals surface area contributed by atoms with E-state index in [2.05, 4.69) is 15.6 Å². The number of anilines is 1. The molecule has 1 aromatic heterocycles. The van der Waals surface area contributed by atoms with E-state index in [1.54, 1.807) is 36.7 Å². The number of nitrogens with one attached hydrogen (secondary N) is 2. The van der Waals surface area contributed by atoms with Gasteiger partial charge in [-0.15, -0.1) is 0 Å². The van der Waals surface area contributed by atoms with E-state index >= 15 is 0 Å². The third-order valence-electron chi connectivity index (χ3n) is 2.72. The Bertz CT molecular complexity index is 714. The fraction of sp³-hybridized carbons (Fsp3) is 0.143. The maximum Gasteiger partial charge on any atom is 0.175 e. The summed E-state index contributed by atoms with van der Waals surface area (Å²) in [5, 5.41) is 6.54. The van der Waals surface area contributed by atoms with Crippen molar-refractivity contribution in [1.29, 1.82) is 0 Å². The SMILES string of the molecule is CS(=O)(=O)c1ccc(CNC(=S)Nc2cccnc2)cc1. The van der Waals surface area contributed by atoms with Gasteiger partial charge < -0.3 is 10.6 Å². The van der Waals surface area contributed by atoms with Crippen molar-refractivity contribution in [1.82, 2.24) is 10.3 Å². The third kappa shape index (κ3) is 4.80. The summed E-state index contributed by atoms with van der Waals surface area (Å²) in [6, 6.07) is 10.4. The van der Waals surface area contributed by atoms with Crippen LogP contribution in [0.1, 0.15) is 5.56 Å². The van der Waals surface area contributed by atoms with Crippen molar-refractivity contribution >= 4 is 32.9 Å². The number of nitrogens with zero attached hydrogens (tertiary/aromatic N) is 1. The number of aromatic nitrogens is 1. The van der Waals surface area contributed by atoms with Gasteiger partial charge in [-0.3, -0.25) is 4.98 Å². The first-order chi connectivity index (χ1) is 9.95. The van der Waals surface area contributed by atoms with E-state index in [1.165, 1.54) is 6.26 Å². The number of benzene rings is 1. The van der Waals surface area contributed by atoms with Crippen LogP contribution in [0.4, 0.5) is 5.69 Å². The molecule has 0 spiro atoms. The molecule has 5 nitrogen and oxygen atoms in total. The molecular weight excluding hydrogens is 306 g/mol. The van der Waals surface area contributed by atoms with Crippen LogP contribution >= 0.6 is 12.2 Å². The van der Waals surface area contributed by atoms with Gasteiger partial charge >= 0.3 is 0 Å². The van der Waals surface area contributed by atoms with Crippen LogP contribution < -0.4 is 10.6 Å². The van der Waals surface area contributed by atoms with Gasteiger partial charge in [-0.1, -0.05) is 12.1 Å². The van der Waals surface area contributed by atoms with E-state index in [0.29, 0.717) is 16.6 Å². The fourth-order valence-corrected chi connectivity index (χ4v) is 2.47. The van der Waals surface area contributed by atoms with Gasteiger partial charge in [0.2, 0.25) is 0 Å². The Balaban J connectivity index is 1.90. The lowest BCUT2D eigenvalue weighted by atomic mass is 10.2.